The molecule has 3 aromatic rings. The Kier molecular flexibility index (Phi) is 5.81. The van der Waals surface area contributed by atoms with Crippen LogP contribution >= 0.6 is 22.9 Å². The molecule has 146 valence electrons. The standard InChI is InChI=1S/C19H19ClN4O3S/c1-10-11(2)28-18-17(10)19(27)24(9-21-18)7-6-16(26)23-15-5-4-13(8-14(15)20)22-12(3)25/h4-5,8-9H,6-7H2,1-3H3,(H,22,25)(H,23,26). The minimum Gasteiger partial charge on any atom is -0.326 e. The van der Waals surface area contributed by atoms with E-state index in [9.17, 15) is 14.4 Å². The van der Waals surface area contributed by atoms with Gasteiger partial charge >= 0.3 is 0 Å². The van der Waals surface area contributed by atoms with Gasteiger partial charge in [0.15, 0.2) is 0 Å². The van der Waals surface area contributed by atoms with Crippen LogP contribution in [-0.4, -0.2) is 21.4 Å². The molecule has 7 nitrogen and oxygen atoms in total. The number of thiophene rings is 1. The van der Waals surface area contributed by atoms with Crippen molar-refractivity contribution in [2.75, 3.05) is 10.6 Å². The first kappa shape index (κ1) is 20.0. The van der Waals surface area contributed by atoms with Gasteiger partial charge < -0.3 is 10.6 Å². The molecule has 0 aliphatic heterocycles. The Morgan fingerprint density at radius 3 is 2.68 bits per heavy atom. The Bertz CT molecular complexity index is 1140. The largest absolute Gasteiger partial charge is 0.326 e. The second-order valence-electron chi connectivity index (χ2n) is 6.38. The lowest BCUT2D eigenvalue weighted by Gasteiger charge is -2.10. The molecule has 0 saturated carbocycles. The quantitative estimate of drug-likeness (QED) is 0.660. The number of carbonyl (C=O) groups is 2. The second-order valence-corrected chi connectivity index (χ2v) is 7.99. The number of amides is 2. The van der Waals surface area contributed by atoms with E-state index in [-0.39, 0.29) is 30.3 Å². The van der Waals surface area contributed by atoms with Crippen molar-refractivity contribution in [1.29, 1.82) is 0 Å². The Morgan fingerprint density at radius 1 is 1.25 bits per heavy atom. The summed E-state index contributed by atoms with van der Waals surface area (Å²) in [5.74, 6) is -0.487. The number of nitrogens with zero attached hydrogens (tertiary/aromatic N) is 2. The molecule has 2 aromatic heterocycles. The molecule has 2 amide bonds. The third-order valence-corrected chi connectivity index (χ3v) is 5.73. The molecular weight excluding hydrogens is 400 g/mol. The van der Waals surface area contributed by atoms with Crippen LogP contribution in [0.1, 0.15) is 23.8 Å². The predicted molar refractivity (Wildman–Crippen MR) is 112 cm³/mol. The van der Waals surface area contributed by atoms with Crippen LogP contribution in [0.2, 0.25) is 5.02 Å². The van der Waals surface area contributed by atoms with Gasteiger partial charge in [-0.1, -0.05) is 11.6 Å². The number of carbonyl (C=O) groups excluding carboxylic acids is 2. The van der Waals surface area contributed by atoms with E-state index in [1.807, 2.05) is 13.8 Å². The van der Waals surface area contributed by atoms with Gasteiger partial charge in [-0.2, -0.15) is 0 Å². The number of benzene rings is 1. The molecule has 0 unspecified atom stereocenters. The molecule has 3 rings (SSSR count). The average molecular weight is 419 g/mol. The van der Waals surface area contributed by atoms with Gasteiger partial charge in [0.05, 0.1) is 22.4 Å². The number of fused-ring (bicyclic) bond motifs is 1. The molecule has 0 fully saturated rings. The zero-order chi connectivity index (χ0) is 20.4. The van der Waals surface area contributed by atoms with Crippen molar-refractivity contribution >= 4 is 56.3 Å². The van der Waals surface area contributed by atoms with Crippen molar-refractivity contribution < 1.29 is 9.59 Å². The van der Waals surface area contributed by atoms with E-state index in [0.29, 0.717) is 26.6 Å². The van der Waals surface area contributed by atoms with E-state index in [1.165, 1.54) is 29.2 Å². The highest BCUT2D eigenvalue weighted by molar-refractivity contribution is 7.18. The Morgan fingerprint density at radius 2 is 2.00 bits per heavy atom. The Hall–Kier alpha value is -2.71. The van der Waals surface area contributed by atoms with Gasteiger partial charge in [0.2, 0.25) is 11.8 Å². The molecule has 2 N–H and O–H groups in total. The monoisotopic (exact) mass is 418 g/mol. The summed E-state index contributed by atoms with van der Waals surface area (Å²) >= 11 is 7.64. The van der Waals surface area contributed by atoms with Gasteiger partial charge in [-0.3, -0.25) is 19.0 Å². The van der Waals surface area contributed by atoms with Crippen molar-refractivity contribution in [3.8, 4) is 0 Å². The number of anilines is 2. The van der Waals surface area contributed by atoms with Crippen LogP contribution < -0.4 is 16.2 Å². The Balaban J connectivity index is 1.69. The maximum atomic E-state index is 12.7. The van der Waals surface area contributed by atoms with Gasteiger partial charge in [-0.25, -0.2) is 4.98 Å². The van der Waals surface area contributed by atoms with Crippen LogP contribution in [0.15, 0.2) is 29.3 Å². The molecule has 28 heavy (non-hydrogen) atoms. The molecule has 0 aliphatic rings. The normalized spacial score (nSPS) is 10.9. The summed E-state index contributed by atoms with van der Waals surface area (Å²) in [6.45, 7) is 5.47. The van der Waals surface area contributed by atoms with E-state index >= 15 is 0 Å². The van der Waals surface area contributed by atoms with Crippen molar-refractivity contribution in [2.24, 2.45) is 0 Å². The lowest BCUT2D eigenvalue weighted by Crippen LogP contribution is -2.23. The number of rotatable bonds is 5. The van der Waals surface area contributed by atoms with Gasteiger partial charge in [0.1, 0.15) is 4.83 Å². The summed E-state index contributed by atoms with van der Waals surface area (Å²) < 4.78 is 1.45. The van der Waals surface area contributed by atoms with E-state index in [1.54, 1.807) is 18.2 Å². The molecule has 0 atom stereocenters. The number of aromatic nitrogens is 2. The first-order valence-corrected chi connectivity index (χ1v) is 9.78. The van der Waals surface area contributed by atoms with Crippen molar-refractivity contribution in [2.45, 2.75) is 33.7 Å². The third kappa shape index (κ3) is 4.23. The second kappa shape index (κ2) is 8.12. The van der Waals surface area contributed by atoms with Gasteiger partial charge in [0.25, 0.3) is 5.56 Å². The van der Waals surface area contributed by atoms with E-state index in [0.717, 1.165) is 10.4 Å². The minimum absolute atomic E-state index is 0.0963. The van der Waals surface area contributed by atoms with Gasteiger partial charge in [-0.15, -0.1) is 11.3 Å². The highest BCUT2D eigenvalue weighted by atomic mass is 35.5. The number of aryl methyl sites for hydroxylation is 3. The first-order valence-electron chi connectivity index (χ1n) is 8.58. The molecular formula is C19H19ClN4O3S. The number of hydrogen-bond acceptors (Lipinski definition) is 5. The molecule has 9 heteroatoms. The maximum absolute atomic E-state index is 12.7. The van der Waals surface area contributed by atoms with Crippen LogP contribution in [0, 0.1) is 13.8 Å². The average Bonchev–Trinajstić information content (AvgIpc) is 2.91. The summed E-state index contributed by atoms with van der Waals surface area (Å²) in [4.78, 5) is 42.1. The fourth-order valence-electron chi connectivity index (χ4n) is 2.76. The third-order valence-electron chi connectivity index (χ3n) is 4.30. The predicted octanol–water partition coefficient (Wildman–Crippen LogP) is 3.72. The lowest BCUT2D eigenvalue weighted by atomic mass is 10.2. The maximum Gasteiger partial charge on any atom is 0.262 e. The topological polar surface area (TPSA) is 93.1 Å². The number of hydrogen-bond donors (Lipinski definition) is 2. The highest BCUT2D eigenvalue weighted by Gasteiger charge is 2.13. The molecule has 0 bridgehead atoms. The van der Waals surface area contributed by atoms with Crippen LogP contribution in [0.4, 0.5) is 11.4 Å². The zero-order valence-corrected chi connectivity index (χ0v) is 17.2. The van der Waals surface area contributed by atoms with E-state index in [2.05, 4.69) is 15.6 Å². The highest BCUT2D eigenvalue weighted by Crippen LogP contribution is 2.26. The first-order chi connectivity index (χ1) is 13.3. The van der Waals surface area contributed by atoms with Crippen LogP contribution in [0.3, 0.4) is 0 Å². The van der Waals surface area contributed by atoms with Crippen LogP contribution in [0.25, 0.3) is 10.2 Å². The molecule has 0 aliphatic carbocycles. The van der Waals surface area contributed by atoms with Crippen molar-refractivity contribution in [1.82, 2.24) is 9.55 Å². The molecule has 2 heterocycles. The van der Waals surface area contributed by atoms with Gasteiger partial charge in [-0.05, 0) is 37.6 Å². The summed E-state index contributed by atoms with van der Waals surface area (Å²) in [5.41, 5.74) is 1.77. The van der Waals surface area contributed by atoms with Crippen molar-refractivity contribution in [3.63, 3.8) is 0 Å². The SMILES string of the molecule is CC(=O)Nc1ccc(NC(=O)CCn2cnc3sc(C)c(C)c3c2=O)c(Cl)c1. The van der Waals surface area contributed by atoms with E-state index < -0.39 is 0 Å². The van der Waals surface area contributed by atoms with Gasteiger partial charge in [0, 0.05) is 30.5 Å². The molecule has 0 radical (unpaired) electrons. The molecule has 1 aromatic carbocycles. The summed E-state index contributed by atoms with van der Waals surface area (Å²) in [6.07, 6.45) is 1.57. The number of nitrogens with one attached hydrogen (secondary N) is 2. The van der Waals surface area contributed by atoms with Crippen LogP contribution in [-0.2, 0) is 16.1 Å². The summed E-state index contributed by atoms with van der Waals surface area (Å²) in [7, 11) is 0. The molecule has 0 saturated heterocycles. The van der Waals surface area contributed by atoms with Crippen molar-refractivity contribution in [3.05, 3.63) is 50.3 Å². The lowest BCUT2D eigenvalue weighted by molar-refractivity contribution is -0.116. The minimum atomic E-state index is -0.278. The fourth-order valence-corrected chi connectivity index (χ4v) is 3.98. The summed E-state index contributed by atoms with van der Waals surface area (Å²) in [6, 6.07) is 4.82. The fraction of sp³-hybridized carbons (Fsp3) is 0.263. The summed E-state index contributed by atoms with van der Waals surface area (Å²) in [5, 5.41) is 6.26. The number of halogens is 1. The Labute approximate surface area is 170 Å². The van der Waals surface area contributed by atoms with E-state index in [4.69, 9.17) is 11.6 Å². The van der Waals surface area contributed by atoms with Crippen LogP contribution in [0.5, 0.6) is 0 Å². The smallest absolute Gasteiger partial charge is 0.262 e. The zero-order valence-electron chi connectivity index (χ0n) is 15.6. The molecule has 0 spiro atoms.